The average Bonchev–Trinajstić information content (AvgIpc) is 2.47. The predicted octanol–water partition coefficient (Wildman–Crippen LogP) is 1.83. The van der Waals surface area contributed by atoms with Crippen LogP contribution in [0.15, 0.2) is 30.3 Å². The second kappa shape index (κ2) is 6.21. The summed E-state index contributed by atoms with van der Waals surface area (Å²) in [7, 11) is 0. The van der Waals surface area contributed by atoms with Gasteiger partial charge in [0.25, 0.3) is 0 Å². The third-order valence-electron chi connectivity index (χ3n) is 2.88. The lowest BCUT2D eigenvalue weighted by atomic mass is 10.1. The summed E-state index contributed by atoms with van der Waals surface area (Å²) in [6.07, 6.45) is 0. The molecule has 21 heavy (non-hydrogen) atoms. The first-order chi connectivity index (χ1) is 10.1. The van der Waals surface area contributed by atoms with Gasteiger partial charge in [0.15, 0.2) is 0 Å². The molecule has 0 unspecified atom stereocenters. The molecular weight excluding hydrogens is 274 g/mol. The topological polar surface area (TPSA) is 79.5 Å². The van der Waals surface area contributed by atoms with E-state index in [1.54, 1.807) is 38.1 Å². The fourth-order valence-corrected chi connectivity index (χ4v) is 2.01. The molecule has 0 saturated heterocycles. The van der Waals surface area contributed by atoms with E-state index < -0.39 is 11.9 Å². The van der Waals surface area contributed by atoms with Crippen molar-refractivity contribution in [2.75, 3.05) is 13.2 Å². The molecule has 2 aromatic rings. The van der Waals surface area contributed by atoms with Gasteiger partial charge in [0, 0.05) is 11.5 Å². The number of rotatable bonds is 4. The molecule has 110 valence electrons. The van der Waals surface area contributed by atoms with Crippen molar-refractivity contribution in [3.8, 4) is 0 Å². The van der Waals surface area contributed by atoms with Crippen molar-refractivity contribution in [1.29, 1.82) is 0 Å². The molecule has 2 rings (SSSR count). The number of benzene rings is 1. The number of para-hydroxylation sites is 1. The van der Waals surface area contributed by atoms with Gasteiger partial charge in [-0.3, -0.25) is 0 Å². The first-order valence-corrected chi connectivity index (χ1v) is 6.59. The summed E-state index contributed by atoms with van der Waals surface area (Å²) in [4.78, 5) is 24.0. The number of hydrogen-bond acceptors (Lipinski definition) is 5. The Hall–Kier alpha value is -2.63. The van der Waals surface area contributed by atoms with Crippen molar-refractivity contribution in [1.82, 2.24) is 0 Å². The lowest BCUT2D eigenvalue weighted by Crippen LogP contribution is -2.39. The summed E-state index contributed by atoms with van der Waals surface area (Å²) in [5, 5.41) is 12.9. The van der Waals surface area contributed by atoms with E-state index in [2.05, 4.69) is 0 Å². The molecular formula is C15H15NO5. The second-order valence-electron chi connectivity index (χ2n) is 4.20. The quantitative estimate of drug-likeness (QED) is 0.487. The number of ether oxygens (including phenoxy) is 2. The number of carbonyl (C=O) groups is 2. The monoisotopic (exact) mass is 289 g/mol. The summed E-state index contributed by atoms with van der Waals surface area (Å²) >= 11 is 0. The van der Waals surface area contributed by atoms with Gasteiger partial charge in [-0.15, -0.1) is 0 Å². The van der Waals surface area contributed by atoms with E-state index in [-0.39, 0.29) is 30.0 Å². The number of esters is 2. The zero-order valence-corrected chi connectivity index (χ0v) is 11.8. The Morgan fingerprint density at radius 3 is 2.38 bits per heavy atom. The Labute approximate surface area is 121 Å². The molecule has 1 aromatic carbocycles. The lowest BCUT2D eigenvalue weighted by molar-refractivity contribution is -0.580. The van der Waals surface area contributed by atoms with Crippen LogP contribution in [-0.2, 0) is 9.47 Å². The first kappa shape index (κ1) is 14.8. The molecule has 0 N–H and O–H groups in total. The zero-order chi connectivity index (χ0) is 15.4. The molecule has 0 saturated carbocycles. The van der Waals surface area contributed by atoms with E-state index in [1.165, 1.54) is 6.07 Å². The van der Waals surface area contributed by atoms with Crippen LogP contribution in [-0.4, -0.2) is 25.2 Å². The molecule has 0 fully saturated rings. The van der Waals surface area contributed by atoms with Gasteiger partial charge in [-0.25, -0.2) is 9.59 Å². The first-order valence-electron chi connectivity index (χ1n) is 6.59. The SMILES string of the molecule is CCOC(=O)c1cc2ccccc2[n+]([O-])c1C(=O)OCC. The molecule has 6 heteroatoms. The van der Waals surface area contributed by atoms with Crippen LogP contribution in [0.4, 0.5) is 0 Å². The number of fused-ring (bicyclic) bond motifs is 1. The van der Waals surface area contributed by atoms with Crippen LogP contribution in [0, 0.1) is 5.21 Å². The number of carbonyl (C=O) groups excluding carboxylic acids is 2. The number of pyridine rings is 1. The molecule has 0 bridgehead atoms. The van der Waals surface area contributed by atoms with Gasteiger partial charge in [0.2, 0.25) is 5.52 Å². The minimum Gasteiger partial charge on any atom is -0.618 e. The van der Waals surface area contributed by atoms with Crippen LogP contribution in [0.2, 0.25) is 0 Å². The van der Waals surface area contributed by atoms with Crippen molar-refractivity contribution in [2.24, 2.45) is 0 Å². The molecule has 1 aromatic heterocycles. The smallest absolute Gasteiger partial charge is 0.405 e. The van der Waals surface area contributed by atoms with Crippen LogP contribution in [0.3, 0.4) is 0 Å². The van der Waals surface area contributed by atoms with E-state index in [9.17, 15) is 14.8 Å². The highest BCUT2D eigenvalue weighted by atomic mass is 16.5. The maximum Gasteiger partial charge on any atom is 0.405 e. The van der Waals surface area contributed by atoms with E-state index in [0.29, 0.717) is 10.1 Å². The molecule has 0 aliphatic heterocycles. The standard InChI is InChI=1S/C15H15NO5/c1-3-20-14(17)11-9-10-7-5-6-8-12(10)16(19)13(11)15(18)21-4-2/h5-9H,3-4H2,1-2H3. The second-order valence-corrected chi connectivity index (χ2v) is 4.20. The maximum atomic E-state index is 12.4. The Morgan fingerprint density at radius 2 is 1.71 bits per heavy atom. The molecule has 0 radical (unpaired) electrons. The Morgan fingerprint density at radius 1 is 1.10 bits per heavy atom. The van der Waals surface area contributed by atoms with Crippen LogP contribution in [0.5, 0.6) is 0 Å². The van der Waals surface area contributed by atoms with Gasteiger partial charge in [0.05, 0.1) is 13.2 Å². The molecule has 1 heterocycles. The number of aromatic nitrogens is 1. The van der Waals surface area contributed by atoms with Crippen LogP contribution >= 0.6 is 0 Å². The van der Waals surface area contributed by atoms with Crippen LogP contribution in [0.1, 0.15) is 34.7 Å². The minimum atomic E-state index is -0.846. The van der Waals surface area contributed by atoms with E-state index >= 15 is 0 Å². The summed E-state index contributed by atoms with van der Waals surface area (Å²) in [6.45, 7) is 3.52. The third-order valence-corrected chi connectivity index (χ3v) is 2.88. The average molecular weight is 289 g/mol. The molecule has 6 nitrogen and oxygen atoms in total. The number of nitrogens with zero attached hydrogens (tertiary/aromatic N) is 1. The molecule has 0 amide bonds. The van der Waals surface area contributed by atoms with Gasteiger partial charge >= 0.3 is 17.6 Å². The highest BCUT2D eigenvalue weighted by Gasteiger charge is 2.30. The van der Waals surface area contributed by atoms with Crippen molar-refractivity contribution in [2.45, 2.75) is 13.8 Å². The fourth-order valence-electron chi connectivity index (χ4n) is 2.01. The largest absolute Gasteiger partial charge is 0.618 e. The summed E-state index contributed by atoms with van der Waals surface area (Å²) in [5.41, 5.74) is -0.161. The highest BCUT2D eigenvalue weighted by molar-refractivity contribution is 6.03. The van der Waals surface area contributed by atoms with Crippen LogP contribution < -0.4 is 4.73 Å². The van der Waals surface area contributed by atoms with Crippen molar-refractivity contribution in [3.05, 3.63) is 46.8 Å². The normalized spacial score (nSPS) is 10.4. The third kappa shape index (κ3) is 2.79. The van der Waals surface area contributed by atoms with Gasteiger partial charge < -0.3 is 14.7 Å². The lowest BCUT2D eigenvalue weighted by Gasteiger charge is -2.11. The Balaban J connectivity index is 2.71. The van der Waals surface area contributed by atoms with Crippen molar-refractivity contribution < 1.29 is 23.8 Å². The zero-order valence-electron chi connectivity index (χ0n) is 11.8. The van der Waals surface area contributed by atoms with Gasteiger partial charge in [0.1, 0.15) is 5.56 Å². The van der Waals surface area contributed by atoms with Gasteiger partial charge in [-0.1, -0.05) is 12.1 Å². The van der Waals surface area contributed by atoms with Gasteiger partial charge in [-0.05, 0) is 26.0 Å². The van der Waals surface area contributed by atoms with E-state index in [0.717, 1.165) is 0 Å². The van der Waals surface area contributed by atoms with Crippen molar-refractivity contribution in [3.63, 3.8) is 0 Å². The molecule has 0 aliphatic rings. The van der Waals surface area contributed by atoms with E-state index in [4.69, 9.17) is 9.47 Å². The number of hydrogen-bond donors (Lipinski definition) is 0. The molecule has 0 spiro atoms. The highest BCUT2D eigenvalue weighted by Crippen LogP contribution is 2.17. The Bertz CT molecular complexity index is 696. The summed E-state index contributed by atoms with van der Waals surface area (Å²) in [6, 6.07) is 8.13. The molecule has 0 aliphatic carbocycles. The summed E-state index contributed by atoms with van der Waals surface area (Å²) in [5.74, 6) is -1.57. The Kier molecular flexibility index (Phi) is 4.37. The molecule has 0 atom stereocenters. The summed E-state index contributed by atoms with van der Waals surface area (Å²) < 4.78 is 10.2. The van der Waals surface area contributed by atoms with Gasteiger partial charge in [-0.2, -0.15) is 4.73 Å². The minimum absolute atomic E-state index is 0.0935. The maximum absolute atomic E-state index is 12.4. The van der Waals surface area contributed by atoms with Crippen molar-refractivity contribution >= 4 is 22.8 Å². The van der Waals surface area contributed by atoms with E-state index in [1.807, 2.05) is 0 Å². The van der Waals surface area contributed by atoms with Crippen LogP contribution in [0.25, 0.3) is 10.9 Å². The predicted molar refractivity (Wildman–Crippen MR) is 74.8 cm³/mol. The fraction of sp³-hybridized carbons (Fsp3) is 0.267.